The van der Waals surface area contributed by atoms with Gasteiger partial charge in [0.2, 0.25) is 0 Å². The van der Waals surface area contributed by atoms with Crippen molar-refractivity contribution in [3.05, 3.63) is 52.4 Å². The van der Waals surface area contributed by atoms with Crippen LogP contribution >= 0.6 is 12.2 Å². The predicted molar refractivity (Wildman–Crippen MR) is 107 cm³/mol. The van der Waals surface area contributed by atoms with Crippen LogP contribution in [0.2, 0.25) is 0 Å². The number of likely N-dealkylation sites (tertiary alicyclic amines) is 1. The summed E-state index contributed by atoms with van der Waals surface area (Å²) in [7, 11) is 0. The molecule has 1 fully saturated rings. The van der Waals surface area contributed by atoms with Gasteiger partial charge in [-0.3, -0.25) is 4.79 Å². The van der Waals surface area contributed by atoms with Crippen molar-refractivity contribution in [2.45, 2.75) is 18.9 Å². The molecule has 5 rings (SSSR count). The van der Waals surface area contributed by atoms with Crippen LogP contribution < -0.4 is 20.3 Å². The number of ether oxygens (including phenoxy) is 2. The molecule has 3 aliphatic heterocycles. The number of piperidine rings is 1. The first-order valence-corrected chi connectivity index (χ1v) is 9.73. The van der Waals surface area contributed by atoms with Gasteiger partial charge in [-0.2, -0.15) is 0 Å². The van der Waals surface area contributed by atoms with Gasteiger partial charge in [0.05, 0.1) is 0 Å². The highest BCUT2D eigenvalue weighted by atomic mass is 32.1. The van der Waals surface area contributed by atoms with Crippen molar-refractivity contribution < 1.29 is 9.47 Å². The SMILES string of the molecule is O=c1cccc2n1C[C@@H]1C[C@H]2CN(C(=S)Nc2ccc3c(c2)OCCO3)C1. The number of nitrogens with one attached hydrogen (secondary N) is 1. The van der Waals surface area contributed by atoms with Gasteiger partial charge < -0.3 is 24.3 Å². The molecule has 140 valence electrons. The number of rotatable bonds is 1. The first-order chi connectivity index (χ1) is 13.2. The molecular formula is C20H21N3O3S. The van der Waals surface area contributed by atoms with Crippen LogP contribution in [0.25, 0.3) is 0 Å². The average Bonchev–Trinajstić information content (AvgIpc) is 2.68. The van der Waals surface area contributed by atoms with Crippen LogP contribution in [0.1, 0.15) is 18.0 Å². The van der Waals surface area contributed by atoms with E-state index in [9.17, 15) is 4.79 Å². The van der Waals surface area contributed by atoms with Crippen molar-refractivity contribution in [1.29, 1.82) is 0 Å². The molecule has 6 nitrogen and oxygen atoms in total. The van der Waals surface area contributed by atoms with Crippen LogP contribution in [0.4, 0.5) is 5.69 Å². The van der Waals surface area contributed by atoms with Crippen LogP contribution in [0.3, 0.4) is 0 Å². The average molecular weight is 383 g/mol. The van der Waals surface area contributed by atoms with E-state index in [4.69, 9.17) is 21.7 Å². The van der Waals surface area contributed by atoms with Gasteiger partial charge in [-0.15, -0.1) is 0 Å². The largest absolute Gasteiger partial charge is 0.486 e. The van der Waals surface area contributed by atoms with Gasteiger partial charge in [0.1, 0.15) is 13.2 Å². The highest BCUT2D eigenvalue weighted by Gasteiger charge is 2.35. The van der Waals surface area contributed by atoms with Crippen LogP contribution in [0, 0.1) is 5.92 Å². The molecule has 4 heterocycles. The number of thiocarbonyl (C=S) groups is 1. The predicted octanol–water partition coefficient (Wildman–Crippen LogP) is 2.44. The Labute approximate surface area is 162 Å². The maximum absolute atomic E-state index is 12.2. The Morgan fingerprint density at radius 2 is 1.93 bits per heavy atom. The molecule has 0 aliphatic carbocycles. The third-order valence-electron chi connectivity index (χ3n) is 5.56. The molecule has 1 saturated heterocycles. The van der Waals surface area contributed by atoms with Crippen molar-refractivity contribution >= 4 is 23.0 Å². The summed E-state index contributed by atoms with van der Waals surface area (Å²) in [6.45, 7) is 3.62. The number of aromatic nitrogens is 1. The lowest BCUT2D eigenvalue weighted by Crippen LogP contribution is -2.50. The number of benzene rings is 1. The summed E-state index contributed by atoms with van der Waals surface area (Å²) in [5.74, 6) is 2.30. The maximum Gasteiger partial charge on any atom is 0.250 e. The zero-order valence-electron chi connectivity index (χ0n) is 14.9. The number of fused-ring (bicyclic) bond motifs is 5. The first kappa shape index (κ1) is 16.6. The van der Waals surface area contributed by atoms with Gasteiger partial charge in [0, 0.05) is 49.1 Å². The molecule has 2 atom stereocenters. The lowest BCUT2D eigenvalue weighted by Gasteiger charge is -2.43. The van der Waals surface area contributed by atoms with Gasteiger partial charge >= 0.3 is 0 Å². The summed E-state index contributed by atoms with van der Waals surface area (Å²) in [6, 6.07) is 11.4. The van der Waals surface area contributed by atoms with E-state index < -0.39 is 0 Å². The second-order valence-electron chi connectivity index (χ2n) is 7.39. The van der Waals surface area contributed by atoms with Crippen molar-refractivity contribution in [2.24, 2.45) is 5.92 Å². The standard InChI is InChI=1S/C20H21N3O3S/c24-19-3-1-2-16-14-8-13(11-23(16)19)10-22(12-14)20(27)21-15-4-5-17-18(9-15)26-7-6-25-17/h1-5,9,13-14H,6-8,10-12H2,(H,21,27)/t13-,14+/m1/s1. The summed E-state index contributed by atoms with van der Waals surface area (Å²) in [5.41, 5.74) is 2.13. The van der Waals surface area contributed by atoms with E-state index in [1.54, 1.807) is 6.07 Å². The zero-order chi connectivity index (χ0) is 18.4. The van der Waals surface area contributed by atoms with Gasteiger partial charge in [-0.25, -0.2) is 0 Å². The lowest BCUT2D eigenvalue weighted by molar-refractivity contribution is 0.171. The molecule has 1 N–H and O–H groups in total. The van der Waals surface area contributed by atoms with Crippen molar-refractivity contribution in [3.8, 4) is 11.5 Å². The van der Waals surface area contributed by atoms with E-state index >= 15 is 0 Å². The quantitative estimate of drug-likeness (QED) is 0.764. The molecule has 1 aromatic heterocycles. The number of nitrogens with zero attached hydrogens (tertiary/aromatic N) is 2. The number of hydrogen-bond acceptors (Lipinski definition) is 4. The highest BCUT2D eigenvalue weighted by molar-refractivity contribution is 7.80. The highest BCUT2D eigenvalue weighted by Crippen LogP contribution is 2.36. The fourth-order valence-electron chi connectivity index (χ4n) is 4.39. The third kappa shape index (κ3) is 3.06. The third-order valence-corrected chi connectivity index (χ3v) is 5.92. The monoisotopic (exact) mass is 383 g/mol. The van der Waals surface area contributed by atoms with Crippen molar-refractivity contribution in [1.82, 2.24) is 9.47 Å². The fraction of sp³-hybridized carbons (Fsp3) is 0.400. The van der Waals surface area contributed by atoms with Crippen LogP contribution in [0.15, 0.2) is 41.2 Å². The minimum Gasteiger partial charge on any atom is -0.486 e. The smallest absolute Gasteiger partial charge is 0.250 e. The zero-order valence-corrected chi connectivity index (χ0v) is 15.7. The van der Waals surface area contributed by atoms with Crippen molar-refractivity contribution in [2.75, 3.05) is 31.6 Å². The second-order valence-corrected chi connectivity index (χ2v) is 7.78. The molecule has 0 amide bonds. The fourth-order valence-corrected chi connectivity index (χ4v) is 4.65. The Morgan fingerprint density at radius 3 is 2.81 bits per heavy atom. The molecule has 0 radical (unpaired) electrons. The van der Waals surface area contributed by atoms with Crippen LogP contribution in [-0.4, -0.2) is 40.9 Å². The Bertz CT molecular complexity index is 958. The number of anilines is 1. The van der Waals surface area contributed by atoms with E-state index in [2.05, 4.69) is 16.3 Å². The maximum atomic E-state index is 12.2. The molecule has 0 saturated carbocycles. The summed E-state index contributed by atoms with van der Waals surface area (Å²) >= 11 is 5.69. The lowest BCUT2D eigenvalue weighted by atomic mass is 9.83. The first-order valence-electron chi connectivity index (χ1n) is 9.33. The van der Waals surface area contributed by atoms with E-state index in [0.717, 1.165) is 48.9 Å². The number of hydrogen-bond donors (Lipinski definition) is 1. The van der Waals surface area contributed by atoms with Gasteiger partial charge in [0.25, 0.3) is 5.56 Å². The van der Waals surface area contributed by atoms with E-state index in [0.29, 0.717) is 30.2 Å². The summed E-state index contributed by atoms with van der Waals surface area (Å²) in [5, 5.41) is 4.06. The number of pyridine rings is 1. The molecule has 7 heteroatoms. The summed E-state index contributed by atoms with van der Waals surface area (Å²) < 4.78 is 13.2. The van der Waals surface area contributed by atoms with E-state index in [-0.39, 0.29) is 5.56 Å². The van der Waals surface area contributed by atoms with E-state index in [1.165, 1.54) is 0 Å². The Balaban J connectivity index is 1.33. The van der Waals surface area contributed by atoms with Crippen LogP contribution in [-0.2, 0) is 6.54 Å². The molecule has 27 heavy (non-hydrogen) atoms. The molecular weight excluding hydrogens is 362 g/mol. The molecule has 2 bridgehead atoms. The topological polar surface area (TPSA) is 55.7 Å². The molecule has 1 aromatic carbocycles. The Morgan fingerprint density at radius 1 is 1.07 bits per heavy atom. The van der Waals surface area contributed by atoms with E-state index in [1.807, 2.05) is 28.8 Å². The van der Waals surface area contributed by atoms with Crippen molar-refractivity contribution in [3.63, 3.8) is 0 Å². The Kier molecular flexibility index (Phi) is 4.04. The normalized spacial score (nSPS) is 22.7. The Hall–Kier alpha value is -2.54. The minimum absolute atomic E-state index is 0.104. The molecule has 3 aliphatic rings. The van der Waals surface area contributed by atoms with Gasteiger partial charge in [-0.05, 0) is 42.8 Å². The molecule has 0 spiro atoms. The minimum atomic E-state index is 0.104. The van der Waals surface area contributed by atoms with Gasteiger partial charge in [-0.1, -0.05) is 6.07 Å². The summed E-state index contributed by atoms with van der Waals surface area (Å²) in [4.78, 5) is 14.4. The van der Waals surface area contributed by atoms with Gasteiger partial charge in [0.15, 0.2) is 16.6 Å². The summed E-state index contributed by atoms with van der Waals surface area (Å²) in [6.07, 6.45) is 1.12. The molecule has 0 unspecified atom stereocenters. The van der Waals surface area contributed by atoms with Crippen LogP contribution in [0.5, 0.6) is 11.5 Å². The second kappa shape index (κ2) is 6.56. The molecule has 2 aromatic rings.